The number of carbonyl (C=O) groups excluding carboxylic acids is 2. The Balaban J connectivity index is 2.66. The van der Waals surface area contributed by atoms with Crippen LogP contribution in [0.2, 0.25) is 5.02 Å². The highest BCUT2D eigenvalue weighted by Crippen LogP contribution is 2.25. The lowest BCUT2D eigenvalue weighted by atomic mass is 10.3. The molecule has 1 rings (SSSR count). The van der Waals surface area contributed by atoms with Crippen LogP contribution < -0.4 is 15.4 Å². The van der Waals surface area contributed by atoms with Gasteiger partial charge in [-0.15, -0.1) is 0 Å². The third-order valence-corrected chi connectivity index (χ3v) is 2.33. The van der Waals surface area contributed by atoms with E-state index in [2.05, 4.69) is 5.32 Å². The molecule has 18 heavy (non-hydrogen) atoms. The fraction of sp³-hybridized carbons (Fsp3) is 0.273. The molecule has 0 aliphatic carbocycles. The average molecular weight is 275 g/mol. The molecule has 0 radical (unpaired) electrons. The van der Waals surface area contributed by atoms with Crippen molar-refractivity contribution in [2.75, 3.05) is 7.05 Å². The highest BCUT2D eigenvalue weighted by molar-refractivity contribution is 6.32. The molecule has 0 fully saturated rings. The zero-order valence-corrected chi connectivity index (χ0v) is 10.5. The number of hydrogen-bond acceptors (Lipinski definition) is 3. The number of benzene rings is 1. The predicted octanol–water partition coefficient (Wildman–Crippen LogP) is 1.70. The molecule has 3 amide bonds. The van der Waals surface area contributed by atoms with Crippen molar-refractivity contribution >= 4 is 23.5 Å². The minimum absolute atomic E-state index is 0.0505. The molecule has 0 aliphatic heterocycles. The zero-order valence-electron chi connectivity index (χ0n) is 9.79. The number of hydrogen-bond donors (Lipinski definition) is 2. The van der Waals surface area contributed by atoms with Gasteiger partial charge in [-0.3, -0.25) is 10.1 Å². The van der Waals surface area contributed by atoms with Gasteiger partial charge in [-0.1, -0.05) is 11.6 Å². The molecule has 0 spiro atoms. The smallest absolute Gasteiger partial charge is 0.321 e. The largest absolute Gasteiger partial charge is 0.479 e. The summed E-state index contributed by atoms with van der Waals surface area (Å²) in [7, 11) is 1.38. The normalized spacial score (nSPS) is 11.6. The van der Waals surface area contributed by atoms with E-state index in [9.17, 15) is 14.0 Å². The molecule has 0 aromatic heterocycles. The van der Waals surface area contributed by atoms with E-state index in [1.54, 1.807) is 0 Å². The Hall–Kier alpha value is -1.82. The molecular weight excluding hydrogens is 263 g/mol. The predicted molar refractivity (Wildman–Crippen MR) is 64.1 cm³/mol. The Kier molecular flexibility index (Phi) is 4.91. The van der Waals surface area contributed by atoms with Crippen molar-refractivity contribution in [1.82, 2.24) is 10.6 Å². The first-order valence-corrected chi connectivity index (χ1v) is 5.46. The van der Waals surface area contributed by atoms with Gasteiger partial charge < -0.3 is 10.1 Å². The third kappa shape index (κ3) is 3.89. The number of rotatable bonds is 3. The Morgan fingerprint density at radius 3 is 2.67 bits per heavy atom. The molecule has 1 atom stereocenters. The SMILES string of the molecule is CNC(=O)NC(=O)[C@@H](C)Oc1ccc(F)cc1Cl. The van der Waals surface area contributed by atoms with E-state index in [0.717, 1.165) is 12.1 Å². The minimum atomic E-state index is -0.940. The second-order valence-electron chi connectivity index (χ2n) is 3.40. The van der Waals surface area contributed by atoms with E-state index in [4.69, 9.17) is 16.3 Å². The molecule has 5 nitrogen and oxygen atoms in total. The summed E-state index contributed by atoms with van der Waals surface area (Å²) in [5, 5.41) is 4.33. The maximum absolute atomic E-state index is 12.8. The van der Waals surface area contributed by atoms with Gasteiger partial charge in [0.15, 0.2) is 6.10 Å². The lowest BCUT2D eigenvalue weighted by Gasteiger charge is -2.14. The van der Waals surface area contributed by atoms with Crippen molar-refractivity contribution in [1.29, 1.82) is 0 Å². The van der Waals surface area contributed by atoms with Crippen LogP contribution in [-0.4, -0.2) is 25.1 Å². The number of amides is 3. The molecule has 0 saturated heterocycles. The zero-order chi connectivity index (χ0) is 13.7. The first-order valence-electron chi connectivity index (χ1n) is 5.08. The van der Waals surface area contributed by atoms with E-state index in [0.29, 0.717) is 0 Å². The van der Waals surface area contributed by atoms with Crippen molar-refractivity contribution in [3.8, 4) is 5.75 Å². The number of ether oxygens (including phenoxy) is 1. The van der Waals surface area contributed by atoms with Crippen molar-refractivity contribution in [3.05, 3.63) is 29.0 Å². The summed E-state index contributed by atoms with van der Waals surface area (Å²) in [6.45, 7) is 1.44. The Morgan fingerprint density at radius 2 is 2.11 bits per heavy atom. The van der Waals surface area contributed by atoms with Crippen LogP contribution in [-0.2, 0) is 4.79 Å². The van der Waals surface area contributed by atoms with Gasteiger partial charge in [-0.2, -0.15) is 0 Å². The summed E-state index contributed by atoms with van der Waals surface area (Å²) < 4.78 is 18.0. The van der Waals surface area contributed by atoms with Gasteiger partial charge in [-0.25, -0.2) is 9.18 Å². The van der Waals surface area contributed by atoms with Crippen molar-refractivity contribution in [3.63, 3.8) is 0 Å². The molecule has 0 saturated carbocycles. The van der Waals surface area contributed by atoms with Crippen LogP contribution in [0.5, 0.6) is 5.75 Å². The fourth-order valence-corrected chi connectivity index (χ4v) is 1.30. The van der Waals surface area contributed by atoms with Gasteiger partial charge in [0.2, 0.25) is 0 Å². The van der Waals surface area contributed by atoms with Crippen molar-refractivity contribution in [2.24, 2.45) is 0 Å². The Morgan fingerprint density at radius 1 is 1.44 bits per heavy atom. The standard InChI is InChI=1S/C11H12ClFN2O3/c1-6(10(16)15-11(17)14-2)18-9-4-3-7(13)5-8(9)12/h3-6H,1-2H3,(H2,14,15,16,17)/t6-/m1/s1. The van der Waals surface area contributed by atoms with E-state index in [1.165, 1.54) is 20.0 Å². The summed E-state index contributed by atoms with van der Waals surface area (Å²) >= 11 is 5.74. The van der Waals surface area contributed by atoms with Crippen LogP contribution in [0.4, 0.5) is 9.18 Å². The molecule has 0 bridgehead atoms. The van der Waals surface area contributed by atoms with E-state index < -0.39 is 23.9 Å². The highest BCUT2D eigenvalue weighted by atomic mass is 35.5. The summed E-state index contributed by atoms with van der Waals surface area (Å²) in [5.41, 5.74) is 0. The number of nitrogens with one attached hydrogen (secondary N) is 2. The van der Waals surface area contributed by atoms with E-state index >= 15 is 0 Å². The molecule has 2 N–H and O–H groups in total. The quantitative estimate of drug-likeness (QED) is 0.882. The van der Waals surface area contributed by atoms with Gasteiger partial charge in [0.05, 0.1) is 5.02 Å². The third-order valence-electron chi connectivity index (χ3n) is 2.03. The summed E-state index contributed by atoms with van der Waals surface area (Å²) in [6.07, 6.45) is -0.940. The van der Waals surface area contributed by atoms with Gasteiger partial charge in [0, 0.05) is 7.05 Å². The van der Waals surface area contributed by atoms with E-state index in [-0.39, 0.29) is 10.8 Å². The summed E-state index contributed by atoms with van der Waals surface area (Å²) in [5.74, 6) is -0.970. The Labute approximate surface area is 108 Å². The summed E-state index contributed by atoms with van der Waals surface area (Å²) in [6, 6.07) is 2.90. The second-order valence-corrected chi connectivity index (χ2v) is 3.81. The van der Waals surface area contributed by atoms with Gasteiger partial charge >= 0.3 is 6.03 Å². The molecule has 1 aromatic carbocycles. The Bertz CT molecular complexity index is 468. The number of halogens is 2. The van der Waals surface area contributed by atoms with Gasteiger partial charge in [-0.05, 0) is 25.1 Å². The molecule has 0 heterocycles. The molecule has 98 valence electrons. The molecule has 1 aromatic rings. The van der Waals surface area contributed by atoms with Gasteiger partial charge in [0.1, 0.15) is 11.6 Å². The van der Waals surface area contributed by atoms with Crippen molar-refractivity contribution < 1.29 is 18.7 Å². The van der Waals surface area contributed by atoms with Crippen LogP contribution in [0.3, 0.4) is 0 Å². The number of carbonyl (C=O) groups is 2. The highest BCUT2D eigenvalue weighted by Gasteiger charge is 2.18. The average Bonchev–Trinajstić information content (AvgIpc) is 2.32. The molecule has 0 aliphatic rings. The topological polar surface area (TPSA) is 67.4 Å². The van der Waals surface area contributed by atoms with Crippen LogP contribution in [0.25, 0.3) is 0 Å². The number of urea groups is 1. The van der Waals surface area contributed by atoms with Crippen LogP contribution in [0, 0.1) is 5.82 Å². The lowest BCUT2D eigenvalue weighted by Crippen LogP contribution is -2.43. The lowest BCUT2D eigenvalue weighted by molar-refractivity contribution is -0.126. The number of imide groups is 1. The fourth-order valence-electron chi connectivity index (χ4n) is 1.09. The molecular formula is C11H12ClFN2O3. The minimum Gasteiger partial charge on any atom is -0.479 e. The van der Waals surface area contributed by atoms with Crippen molar-refractivity contribution in [2.45, 2.75) is 13.0 Å². The van der Waals surface area contributed by atoms with Gasteiger partial charge in [0.25, 0.3) is 5.91 Å². The maximum Gasteiger partial charge on any atom is 0.321 e. The summed E-state index contributed by atoms with van der Waals surface area (Å²) in [4.78, 5) is 22.4. The second kappa shape index (κ2) is 6.20. The maximum atomic E-state index is 12.8. The van der Waals surface area contributed by atoms with Crippen LogP contribution in [0.15, 0.2) is 18.2 Å². The monoisotopic (exact) mass is 274 g/mol. The van der Waals surface area contributed by atoms with Crippen LogP contribution in [0.1, 0.15) is 6.92 Å². The first-order chi connectivity index (χ1) is 8.43. The van der Waals surface area contributed by atoms with E-state index in [1.807, 2.05) is 5.32 Å². The first kappa shape index (κ1) is 14.2. The molecule has 7 heteroatoms. The van der Waals surface area contributed by atoms with Crippen LogP contribution >= 0.6 is 11.6 Å². The molecule has 0 unspecified atom stereocenters.